The van der Waals surface area contributed by atoms with Gasteiger partial charge >= 0.3 is 5.97 Å². The average Bonchev–Trinajstić information content (AvgIpc) is 2.65. The number of hydrogen-bond donors (Lipinski definition) is 2. The summed E-state index contributed by atoms with van der Waals surface area (Å²) in [6, 6.07) is 13.1. The number of anilines is 2. The molecule has 0 atom stereocenters. The molecule has 128 valence electrons. The topological polar surface area (TPSA) is 95.9 Å². The normalized spacial score (nSPS) is 13.0. The number of benzene rings is 2. The van der Waals surface area contributed by atoms with Gasteiger partial charge in [0.05, 0.1) is 23.5 Å². The van der Waals surface area contributed by atoms with Gasteiger partial charge in [-0.3, -0.25) is 14.5 Å². The van der Waals surface area contributed by atoms with Gasteiger partial charge in [-0.25, -0.2) is 4.79 Å². The fraction of sp³-hybridized carbons (Fsp3) is 0.167. The summed E-state index contributed by atoms with van der Waals surface area (Å²) in [5, 5.41) is 11.7. The fourth-order valence-corrected chi connectivity index (χ4v) is 2.49. The van der Waals surface area contributed by atoms with E-state index < -0.39 is 18.5 Å². The minimum atomic E-state index is -0.646. The van der Waals surface area contributed by atoms with Crippen LogP contribution in [0.1, 0.15) is 15.9 Å². The monoisotopic (exact) mass is 340 g/mol. The number of fused-ring (bicyclic) bond motifs is 1. The standard InChI is InChI=1S/C18H16N2O5/c21-10-12-5-7-13(8-6-12)18(24)25-11-17(23)20-9-16(22)19-14-3-1-2-4-15(14)20/h1-8,21H,9-11H2,(H,19,22). The second-order valence-corrected chi connectivity index (χ2v) is 5.48. The molecule has 0 aliphatic carbocycles. The number of nitrogens with one attached hydrogen (secondary N) is 1. The van der Waals surface area contributed by atoms with Crippen molar-refractivity contribution in [3.63, 3.8) is 0 Å². The van der Waals surface area contributed by atoms with E-state index in [0.717, 1.165) is 0 Å². The summed E-state index contributed by atoms with van der Waals surface area (Å²) in [4.78, 5) is 37.4. The van der Waals surface area contributed by atoms with Gasteiger partial charge in [-0.15, -0.1) is 0 Å². The summed E-state index contributed by atoms with van der Waals surface area (Å²) in [6.07, 6.45) is 0. The summed E-state index contributed by atoms with van der Waals surface area (Å²) in [7, 11) is 0. The van der Waals surface area contributed by atoms with Crippen LogP contribution in [0.4, 0.5) is 11.4 Å². The number of amides is 2. The Balaban J connectivity index is 1.66. The highest BCUT2D eigenvalue weighted by molar-refractivity contribution is 6.10. The lowest BCUT2D eigenvalue weighted by atomic mass is 10.1. The highest BCUT2D eigenvalue weighted by Gasteiger charge is 2.27. The first kappa shape index (κ1) is 16.7. The predicted molar refractivity (Wildman–Crippen MR) is 90.1 cm³/mol. The van der Waals surface area contributed by atoms with Crippen molar-refractivity contribution in [2.75, 3.05) is 23.4 Å². The van der Waals surface area contributed by atoms with Crippen LogP contribution >= 0.6 is 0 Å². The van der Waals surface area contributed by atoms with Gasteiger partial charge in [-0.05, 0) is 29.8 Å². The van der Waals surface area contributed by atoms with Crippen LogP contribution in [0, 0.1) is 0 Å². The van der Waals surface area contributed by atoms with E-state index in [9.17, 15) is 14.4 Å². The molecule has 0 unspecified atom stereocenters. The van der Waals surface area contributed by atoms with E-state index in [1.165, 1.54) is 17.0 Å². The van der Waals surface area contributed by atoms with E-state index >= 15 is 0 Å². The van der Waals surface area contributed by atoms with Crippen LogP contribution in [0.3, 0.4) is 0 Å². The Morgan fingerprint density at radius 3 is 2.56 bits per heavy atom. The highest BCUT2D eigenvalue weighted by Crippen LogP contribution is 2.28. The molecule has 0 saturated carbocycles. The molecule has 1 aliphatic rings. The van der Waals surface area contributed by atoms with E-state index in [-0.39, 0.29) is 24.6 Å². The Bertz CT molecular complexity index is 816. The zero-order chi connectivity index (χ0) is 17.8. The maximum Gasteiger partial charge on any atom is 0.338 e. The fourth-order valence-electron chi connectivity index (χ4n) is 2.49. The summed E-state index contributed by atoms with van der Waals surface area (Å²) in [5.41, 5.74) is 2.05. The lowest BCUT2D eigenvalue weighted by Gasteiger charge is -2.28. The van der Waals surface area contributed by atoms with Crippen molar-refractivity contribution in [2.24, 2.45) is 0 Å². The van der Waals surface area contributed by atoms with Crippen LogP contribution in [-0.4, -0.2) is 36.0 Å². The molecule has 2 N–H and O–H groups in total. The molecular weight excluding hydrogens is 324 g/mol. The first-order chi connectivity index (χ1) is 12.1. The van der Waals surface area contributed by atoms with Gasteiger partial charge in [0, 0.05) is 0 Å². The van der Waals surface area contributed by atoms with Crippen molar-refractivity contribution >= 4 is 29.2 Å². The number of hydrogen-bond acceptors (Lipinski definition) is 5. The minimum absolute atomic E-state index is 0.121. The third kappa shape index (κ3) is 3.67. The number of carbonyl (C=O) groups excluding carboxylic acids is 3. The van der Waals surface area contributed by atoms with Crippen molar-refractivity contribution in [3.8, 4) is 0 Å². The van der Waals surface area contributed by atoms with Gasteiger partial charge < -0.3 is 15.2 Å². The second-order valence-electron chi connectivity index (χ2n) is 5.48. The lowest BCUT2D eigenvalue weighted by Crippen LogP contribution is -2.44. The van der Waals surface area contributed by atoms with Crippen LogP contribution in [0.15, 0.2) is 48.5 Å². The molecule has 1 heterocycles. The van der Waals surface area contributed by atoms with Gasteiger partial charge in [0.2, 0.25) is 5.91 Å². The molecule has 0 aromatic heterocycles. The zero-order valence-electron chi connectivity index (χ0n) is 13.3. The molecule has 25 heavy (non-hydrogen) atoms. The van der Waals surface area contributed by atoms with Gasteiger partial charge in [-0.2, -0.15) is 0 Å². The number of para-hydroxylation sites is 2. The summed E-state index contributed by atoms with van der Waals surface area (Å²) in [5.74, 6) is -1.44. The SMILES string of the molecule is O=C1CN(C(=O)COC(=O)c2ccc(CO)cc2)c2ccccc2N1. The number of aliphatic hydroxyl groups is 1. The van der Waals surface area contributed by atoms with Crippen LogP contribution in [-0.2, 0) is 20.9 Å². The van der Waals surface area contributed by atoms with Gasteiger partial charge in [0.1, 0.15) is 6.54 Å². The lowest BCUT2D eigenvalue weighted by molar-refractivity contribution is -0.124. The molecule has 0 fully saturated rings. The van der Waals surface area contributed by atoms with Gasteiger partial charge in [0.25, 0.3) is 5.91 Å². The molecule has 7 nitrogen and oxygen atoms in total. The van der Waals surface area contributed by atoms with E-state index in [1.807, 2.05) is 0 Å². The third-order valence-corrected chi connectivity index (χ3v) is 3.77. The zero-order valence-corrected chi connectivity index (χ0v) is 13.3. The number of ether oxygens (including phenoxy) is 1. The van der Waals surface area contributed by atoms with Crippen molar-refractivity contribution in [1.82, 2.24) is 0 Å². The second kappa shape index (κ2) is 7.14. The van der Waals surface area contributed by atoms with E-state index in [1.54, 1.807) is 36.4 Å². The van der Waals surface area contributed by atoms with E-state index in [0.29, 0.717) is 16.9 Å². The number of nitrogens with zero attached hydrogens (tertiary/aromatic N) is 1. The third-order valence-electron chi connectivity index (χ3n) is 3.77. The smallest absolute Gasteiger partial charge is 0.338 e. The predicted octanol–water partition coefficient (Wildman–Crippen LogP) is 1.32. The minimum Gasteiger partial charge on any atom is -0.452 e. The van der Waals surface area contributed by atoms with Crippen molar-refractivity contribution in [1.29, 1.82) is 0 Å². The largest absolute Gasteiger partial charge is 0.452 e. The molecule has 2 aromatic rings. The van der Waals surface area contributed by atoms with Crippen LogP contribution in [0.5, 0.6) is 0 Å². The Hall–Kier alpha value is -3.19. The Labute approximate surface area is 143 Å². The van der Waals surface area contributed by atoms with Crippen LogP contribution in [0.2, 0.25) is 0 Å². The molecule has 3 rings (SSSR count). The molecule has 0 spiro atoms. The number of esters is 1. The molecule has 1 aliphatic heterocycles. The Morgan fingerprint density at radius 1 is 1.12 bits per heavy atom. The highest BCUT2D eigenvalue weighted by atomic mass is 16.5. The number of carbonyl (C=O) groups is 3. The molecule has 0 saturated heterocycles. The maximum absolute atomic E-state index is 12.4. The maximum atomic E-state index is 12.4. The average molecular weight is 340 g/mol. The molecule has 2 amide bonds. The van der Waals surface area contributed by atoms with Gasteiger partial charge in [0.15, 0.2) is 6.61 Å². The first-order valence-corrected chi connectivity index (χ1v) is 7.64. The quantitative estimate of drug-likeness (QED) is 0.819. The summed E-state index contributed by atoms with van der Waals surface area (Å²) < 4.78 is 5.04. The van der Waals surface area contributed by atoms with Crippen LogP contribution < -0.4 is 10.2 Å². The van der Waals surface area contributed by atoms with Crippen LogP contribution in [0.25, 0.3) is 0 Å². The molecule has 2 aromatic carbocycles. The first-order valence-electron chi connectivity index (χ1n) is 7.64. The summed E-state index contributed by atoms with van der Waals surface area (Å²) in [6.45, 7) is -0.717. The molecule has 7 heteroatoms. The van der Waals surface area contributed by atoms with Crippen molar-refractivity contribution in [3.05, 3.63) is 59.7 Å². The Kier molecular flexibility index (Phi) is 4.76. The number of aliphatic hydroxyl groups excluding tert-OH is 1. The molecule has 0 bridgehead atoms. The molecular formula is C18H16N2O5. The van der Waals surface area contributed by atoms with Crippen molar-refractivity contribution < 1.29 is 24.2 Å². The molecule has 0 radical (unpaired) electrons. The Morgan fingerprint density at radius 2 is 1.84 bits per heavy atom. The number of rotatable bonds is 4. The van der Waals surface area contributed by atoms with E-state index in [2.05, 4.69) is 5.32 Å². The summed E-state index contributed by atoms with van der Waals surface area (Å²) >= 11 is 0. The van der Waals surface area contributed by atoms with Gasteiger partial charge in [-0.1, -0.05) is 24.3 Å². The van der Waals surface area contributed by atoms with Crippen molar-refractivity contribution in [2.45, 2.75) is 6.61 Å². The van der Waals surface area contributed by atoms with E-state index in [4.69, 9.17) is 9.84 Å².